The fourth-order valence-electron chi connectivity index (χ4n) is 2.93. The number of hydrogen-bond donors (Lipinski definition) is 2. The summed E-state index contributed by atoms with van der Waals surface area (Å²) in [6.45, 7) is 2.66. The quantitative estimate of drug-likeness (QED) is 0.741. The fraction of sp³-hybridized carbons (Fsp3) is 0.800. The van der Waals surface area contributed by atoms with Crippen LogP contribution in [0.3, 0.4) is 0 Å². The predicted octanol–water partition coefficient (Wildman–Crippen LogP) is 1.42. The Kier molecular flexibility index (Phi) is 5.43. The molecule has 1 aliphatic heterocycles. The van der Waals surface area contributed by atoms with Gasteiger partial charge in [-0.25, -0.2) is 0 Å². The molecule has 5 nitrogen and oxygen atoms in total. The number of aliphatic hydroxyl groups is 1. The number of carbonyl (C=O) groups is 1. The van der Waals surface area contributed by atoms with Crippen molar-refractivity contribution in [1.82, 2.24) is 5.32 Å². The number of likely N-dealkylation sites (N-methyl/N-ethyl adjacent to an activating group) is 1. The molecule has 1 amide bonds. The molecule has 1 fully saturated rings. The zero-order chi connectivity index (χ0) is 14.5. The van der Waals surface area contributed by atoms with Gasteiger partial charge in [-0.3, -0.25) is 4.79 Å². The van der Waals surface area contributed by atoms with Crippen LogP contribution in [0.15, 0.2) is 11.8 Å². The molecule has 1 heterocycles. The molecule has 20 heavy (non-hydrogen) atoms. The van der Waals surface area contributed by atoms with Gasteiger partial charge in [-0.05, 0) is 50.5 Å². The number of ether oxygens (including phenoxy) is 2. The minimum absolute atomic E-state index is 0.179. The van der Waals surface area contributed by atoms with Crippen LogP contribution in [0.1, 0.15) is 32.6 Å². The fourth-order valence-corrected chi connectivity index (χ4v) is 2.93. The van der Waals surface area contributed by atoms with E-state index in [9.17, 15) is 4.79 Å². The number of rotatable bonds is 7. The number of aliphatic hydroxyl groups excluding tert-OH is 1. The van der Waals surface area contributed by atoms with Gasteiger partial charge >= 0.3 is 0 Å². The van der Waals surface area contributed by atoms with Crippen molar-refractivity contribution in [3.63, 3.8) is 0 Å². The first-order valence-corrected chi connectivity index (χ1v) is 7.54. The molecule has 2 aliphatic rings. The van der Waals surface area contributed by atoms with E-state index in [1.54, 1.807) is 7.05 Å². The summed E-state index contributed by atoms with van der Waals surface area (Å²) in [5.41, 5.74) is 0. The van der Waals surface area contributed by atoms with E-state index in [4.69, 9.17) is 14.6 Å². The highest BCUT2D eigenvalue weighted by molar-refractivity contribution is 5.91. The van der Waals surface area contributed by atoms with E-state index in [1.165, 1.54) is 12.8 Å². The molecule has 0 bridgehead atoms. The Hall–Kier alpha value is -1.07. The third kappa shape index (κ3) is 3.52. The Bertz CT molecular complexity index is 365. The first-order chi connectivity index (χ1) is 9.71. The van der Waals surface area contributed by atoms with E-state index in [0.717, 1.165) is 12.8 Å². The van der Waals surface area contributed by atoms with Crippen molar-refractivity contribution in [1.29, 1.82) is 0 Å². The lowest BCUT2D eigenvalue weighted by Crippen LogP contribution is -2.39. The maximum absolute atomic E-state index is 11.8. The minimum Gasteiger partial charge on any atom is -0.459 e. The number of carbonyl (C=O) groups excluding carboxylic acids is 1. The van der Waals surface area contributed by atoms with E-state index in [-0.39, 0.29) is 24.7 Å². The van der Waals surface area contributed by atoms with Crippen LogP contribution in [-0.2, 0) is 14.3 Å². The summed E-state index contributed by atoms with van der Waals surface area (Å²) in [5, 5.41) is 11.7. The summed E-state index contributed by atoms with van der Waals surface area (Å²) in [6, 6.07) is 0. The van der Waals surface area contributed by atoms with Gasteiger partial charge in [0.1, 0.15) is 0 Å². The van der Waals surface area contributed by atoms with Crippen molar-refractivity contribution in [2.75, 3.05) is 20.3 Å². The van der Waals surface area contributed by atoms with E-state index >= 15 is 0 Å². The summed E-state index contributed by atoms with van der Waals surface area (Å²) in [4.78, 5) is 11.8. The van der Waals surface area contributed by atoms with Crippen LogP contribution >= 0.6 is 0 Å². The second-order valence-electron chi connectivity index (χ2n) is 5.50. The Morgan fingerprint density at radius 3 is 2.85 bits per heavy atom. The van der Waals surface area contributed by atoms with Gasteiger partial charge in [0.25, 0.3) is 5.91 Å². The Morgan fingerprint density at radius 1 is 1.55 bits per heavy atom. The van der Waals surface area contributed by atoms with Gasteiger partial charge in [0.15, 0.2) is 5.76 Å². The monoisotopic (exact) mass is 283 g/mol. The molecule has 1 aliphatic carbocycles. The highest BCUT2D eigenvalue weighted by Crippen LogP contribution is 2.47. The lowest BCUT2D eigenvalue weighted by atomic mass is 9.82. The van der Waals surface area contributed by atoms with Crippen molar-refractivity contribution in [3.8, 4) is 0 Å². The van der Waals surface area contributed by atoms with Gasteiger partial charge < -0.3 is 19.9 Å². The summed E-state index contributed by atoms with van der Waals surface area (Å²) in [6.07, 6.45) is 5.60. The van der Waals surface area contributed by atoms with E-state index < -0.39 is 0 Å². The molecular formula is C15H25NO4. The van der Waals surface area contributed by atoms with Crippen molar-refractivity contribution < 1.29 is 19.4 Å². The van der Waals surface area contributed by atoms with Crippen LogP contribution in [0.4, 0.5) is 0 Å². The highest BCUT2D eigenvalue weighted by atomic mass is 16.7. The molecule has 0 aromatic heterocycles. The van der Waals surface area contributed by atoms with Crippen LogP contribution in [0.2, 0.25) is 0 Å². The molecule has 0 unspecified atom stereocenters. The van der Waals surface area contributed by atoms with Crippen LogP contribution < -0.4 is 5.32 Å². The first-order valence-electron chi connectivity index (χ1n) is 7.54. The normalized spacial score (nSPS) is 29.6. The molecule has 0 aromatic carbocycles. The molecule has 114 valence electrons. The predicted molar refractivity (Wildman–Crippen MR) is 74.7 cm³/mol. The molecule has 5 heteroatoms. The second kappa shape index (κ2) is 7.09. The van der Waals surface area contributed by atoms with Crippen molar-refractivity contribution in [2.45, 2.75) is 38.9 Å². The van der Waals surface area contributed by atoms with Crippen LogP contribution in [0.25, 0.3) is 0 Å². The average molecular weight is 283 g/mol. The summed E-state index contributed by atoms with van der Waals surface area (Å²) in [7, 11) is 1.60. The van der Waals surface area contributed by atoms with E-state index in [2.05, 4.69) is 5.32 Å². The van der Waals surface area contributed by atoms with Crippen molar-refractivity contribution in [3.05, 3.63) is 11.8 Å². The second-order valence-corrected chi connectivity index (χ2v) is 5.50. The molecule has 0 aromatic rings. The minimum atomic E-state index is -0.380. The molecular weight excluding hydrogens is 258 g/mol. The number of amides is 1. The van der Waals surface area contributed by atoms with Gasteiger partial charge in [0.2, 0.25) is 6.29 Å². The third-order valence-electron chi connectivity index (χ3n) is 4.07. The summed E-state index contributed by atoms with van der Waals surface area (Å²) >= 11 is 0. The molecule has 0 radical (unpaired) electrons. The lowest BCUT2D eigenvalue weighted by Gasteiger charge is -2.36. The SMILES string of the molecule is CCO[C@H]1OC(C(=O)NC)=C[C@@H](C2CC2)[C@H]1CCCO. The van der Waals surface area contributed by atoms with Crippen LogP contribution in [-0.4, -0.2) is 37.6 Å². The van der Waals surface area contributed by atoms with Gasteiger partial charge in [-0.15, -0.1) is 0 Å². The van der Waals surface area contributed by atoms with Crippen LogP contribution in [0.5, 0.6) is 0 Å². The summed E-state index contributed by atoms with van der Waals surface area (Å²) in [5.74, 6) is 1.36. The molecule has 2 rings (SSSR count). The maximum Gasteiger partial charge on any atom is 0.285 e. The van der Waals surface area contributed by atoms with E-state index in [1.807, 2.05) is 13.0 Å². The summed E-state index contributed by atoms with van der Waals surface area (Å²) < 4.78 is 11.4. The van der Waals surface area contributed by atoms with Crippen molar-refractivity contribution >= 4 is 5.91 Å². The Balaban J connectivity index is 2.17. The highest BCUT2D eigenvalue weighted by Gasteiger charge is 2.43. The van der Waals surface area contributed by atoms with Gasteiger partial charge in [0, 0.05) is 26.2 Å². The molecule has 1 saturated carbocycles. The molecule has 2 N–H and O–H groups in total. The smallest absolute Gasteiger partial charge is 0.285 e. The van der Waals surface area contributed by atoms with Crippen LogP contribution in [0, 0.1) is 17.8 Å². The lowest BCUT2D eigenvalue weighted by molar-refractivity contribution is -0.173. The average Bonchev–Trinajstić information content (AvgIpc) is 3.29. The first kappa shape index (κ1) is 15.3. The van der Waals surface area contributed by atoms with Gasteiger partial charge in [0.05, 0.1) is 0 Å². The zero-order valence-corrected chi connectivity index (χ0v) is 12.3. The Morgan fingerprint density at radius 2 is 2.30 bits per heavy atom. The number of allylic oxidation sites excluding steroid dienone is 1. The molecule has 3 atom stereocenters. The van der Waals surface area contributed by atoms with Gasteiger partial charge in [-0.1, -0.05) is 0 Å². The van der Waals surface area contributed by atoms with E-state index in [0.29, 0.717) is 24.2 Å². The van der Waals surface area contributed by atoms with Gasteiger partial charge in [-0.2, -0.15) is 0 Å². The number of nitrogens with one attached hydrogen (secondary N) is 1. The topological polar surface area (TPSA) is 67.8 Å². The third-order valence-corrected chi connectivity index (χ3v) is 4.07. The molecule has 0 spiro atoms. The maximum atomic E-state index is 11.8. The number of hydrogen-bond acceptors (Lipinski definition) is 4. The van der Waals surface area contributed by atoms with Crippen molar-refractivity contribution in [2.24, 2.45) is 17.8 Å². The Labute approximate surface area is 120 Å². The largest absolute Gasteiger partial charge is 0.459 e. The standard InChI is InChI=1S/C15H25NO4/c1-3-19-15-11(5-4-8-17)12(10-6-7-10)9-13(20-15)14(18)16-2/h9-12,15,17H,3-8H2,1-2H3,(H,16,18)/t11-,12+,15+/m1/s1. The zero-order valence-electron chi connectivity index (χ0n) is 12.3. The molecule has 0 saturated heterocycles.